The summed E-state index contributed by atoms with van der Waals surface area (Å²) < 4.78 is 16.1. The standard InChI is InChI=1S/C41H52O6/c1-7-9-10-11-32-14-18-36(19-15-32)38-22-23-39(35(8-2)24-38)37-20-16-33(17-21-37)12-13-34(27-46-40(43)29(3)4)28-47-41(44)30(5)25-45-26-31(6)42/h14-24,31,34,42H,3,5,7-13,25-28H2,1-2,4,6H3. The quantitative estimate of drug-likeness (QED) is 0.0758. The summed E-state index contributed by atoms with van der Waals surface area (Å²) in [5, 5.41) is 9.33. The van der Waals surface area contributed by atoms with Gasteiger partial charge in [-0.1, -0.05) is 107 Å². The molecule has 0 aliphatic carbocycles. The van der Waals surface area contributed by atoms with Gasteiger partial charge in [-0.15, -0.1) is 0 Å². The van der Waals surface area contributed by atoms with Crippen LogP contribution in [0.25, 0.3) is 22.3 Å². The highest BCUT2D eigenvalue weighted by Gasteiger charge is 2.18. The molecule has 3 rings (SSSR count). The first-order valence-electron chi connectivity index (χ1n) is 16.9. The second kappa shape index (κ2) is 19.6. The van der Waals surface area contributed by atoms with Gasteiger partial charge in [0.1, 0.15) is 0 Å². The molecule has 0 amide bonds. The van der Waals surface area contributed by atoms with Gasteiger partial charge in [0.25, 0.3) is 0 Å². The lowest BCUT2D eigenvalue weighted by atomic mass is 9.92. The molecule has 3 aromatic carbocycles. The van der Waals surface area contributed by atoms with Gasteiger partial charge < -0.3 is 19.3 Å². The molecule has 0 radical (unpaired) electrons. The number of aryl methyl sites for hydroxylation is 3. The molecule has 0 saturated carbocycles. The summed E-state index contributed by atoms with van der Waals surface area (Å²) in [5.74, 6) is -1.26. The Kier molecular flexibility index (Phi) is 15.6. The highest BCUT2D eigenvalue weighted by Crippen LogP contribution is 2.30. The monoisotopic (exact) mass is 640 g/mol. The molecule has 6 nitrogen and oxygen atoms in total. The lowest BCUT2D eigenvalue weighted by Crippen LogP contribution is -2.23. The van der Waals surface area contributed by atoms with E-state index in [4.69, 9.17) is 14.2 Å². The molecule has 47 heavy (non-hydrogen) atoms. The molecule has 1 N–H and O–H groups in total. The Labute approximate surface area is 281 Å². The van der Waals surface area contributed by atoms with E-state index in [0.717, 1.165) is 24.8 Å². The van der Waals surface area contributed by atoms with Gasteiger partial charge in [0.15, 0.2) is 0 Å². The minimum Gasteiger partial charge on any atom is -0.462 e. The third-order valence-electron chi connectivity index (χ3n) is 8.12. The van der Waals surface area contributed by atoms with Gasteiger partial charge in [0, 0.05) is 11.5 Å². The number of aliphatic hydroxyl groups is 1. The number of hydrogen-bond donors (Lipinski definition) is 1. The van der Waals surface area contributed by atoms with Crippen LogP contribution in [-0.2, 0) is 43.1 Å². The third-order valence-corrected chi connectivity index (χ3v) is 8.12. The van der Waals surface area contributed by atoms with Crippen molar-refractivity contribution in [2.24, 2.45) is 5.92 Å². The van der Waals surface area contributed by atoms with E-state index in [9.17, 15) is 14.7 Å². The molecule has 3 aromatic rings. The van der Waals surface area contributed by atoms with Gasteiger partial charge in [-0.2, -0.15) is 0 Å². The van der Waals surface area contributed by atoms with Crippen LogP contribution in [0, 0.1) is 5.92 Å². The van der Waals surface area contributed by atoms with Crippen LogP contribution in [0.4, 0.5) is 0 Å². The van der Waals surface area contributed by atoms with E-state index >= 15 is 0 Å². The molecule has 0 spiro atoms. The van der Waals surface area contributed by atoms with Crippen molar-refractivity contribution in [3.8, 4) is 22.3 Å². The van der Waals surface area contributed by atoms with Gasteiger partial charge in [0.2, 0.25) is 0 Å². The molecule has 252 valence electrons. The van der Waals surface area contributed by atoms with Crippen molar-refractivity contribution < 1.29 is 28.9 Å². The van der Waals surface area contributed by atoms with Crippen molar-refractivity contribution in [1.29, 1.82) is 0 Å². The predicted molar refractivity (Wildman–Crippen MR) is 190 cm³/mol. The molecule has 0 aliphatic heterocycles. The van der Waals surface area contributed by atoms with Gasteiger partial charge in [0.05, 0.1) is 38.1 Å². The number of benzene rings is 3. The van der Waals surface area contributed by atoms with Crippen LogP contribution in [-0.4, -0.2) is 49.6 Å². The van der Waals surface area contributed by atoms with Crippen LogP contribution in [0.3, 0.4) is 0 Å². The van der Waals surface area contributed by atoms with E-state index in [1.165, 1.54) is 52.6 Å². The smallest absolute Gasteiger partial charge is 0.335 e. The first-order valence-corrected chi connectivity index (χ1v) is 16.9. The summed E-state index contributed by atoms with van der Waals surface area (Å²) >= 11 is 0. The Morgan fingerprint density at radius 2 is 1.36 bits per heavy atom. The third kappa shape index (κ3) is 12.6. The van der Waals surface area contributed by atoms with Crippen molar-refractivity contribution in [3.63, 3.8) is 0 Å². The summed E-state index contributed by atoms with van der Waals surface area (Å²) in [6, 6.07) is 24.3. The average Bonchev–Trinajstić information content (AvgIpc) is 3.07. The molecule has 0 bridgehead atoms. The van der Waals surface area contributed by atoms with Crippen molar-refractivity contribution in [1.82, 2.24) is 0 Å². The van der Waals surface area contributed by atoms with Crippen LogP contribution in [0.5, 0.6) is 0 Å². The van der Waals surface area contributed by atoms with E-state index in [1.807, 2.05) is 0 Å². The van der Waals surface area contributed by atoms with Crippen LogP contribution in [0.2, 0.25) is 0 Å². The van der Waals surface area contributed by atoms with Crippen LogP contribution in [0.1, 0.15) is 70.1 Å². The number of ether oxygens (including phenoxy) is 3. The topological polar surface area (TPSA) is 82.1 Å². The normalized spacial score (nSPS) is 12.3. The molecule has 0 heterocycles. The largest absolute Gasteiger partial charge is 0.462 e. The number of esters is 2. The molecule has 6 heteroatoms. The summed E-state index contributed by atoms with van der Waals surface area (Å²) in [7, 11) is 0. The first kappa shape index (κ1) is 37.5. The fourth-order valence-electron chi connectivity index (χ4n) is 5.25. The zero-order chi connectivity index (χ0) is 34.2. The molecule has 2 atom stereocenters. The fraction of sp³-hybridized carbons (Fsp3) is 0.415. The Morgan fingerprint density at radius 3 is 1.96 bits per heavy atom. The maximum atomic E-state index is 12.4. The SMILES string of the molecule is C=C(C)C(=O)OCC(CCc1ccc(-c2ccc(-c3ccc(CCCCC)cc3)cc2CC)cc1)COC(=O)C(=C)COCC(C)O. The first-order chi connectivity index (χ1) is 22.6. The minimum absolute atomic E-state index is 0.0276. The Hall–Kier alpha value is -4.00. The molecule has 0 saturated heterocycles. The fourth-order valence-corrected chi connectivity index (χ4v) is 5.25. The number of rotatable bonds is 20. The van der Waals surface area contributed by atoms with Crippen LogP contribution < -0.4 is 0 Å². The number of carbonyl (C=O) groups is 2. The van der Waals surface area contributed by atoms with E-state index < -0.39 is 18.0 Å². The van der Waals surface area contributed by atoms with E-state index in [1.54, 1.807) is 13.8 Å². The zero-order valence-electron chi connectivity index (χ0n) is 28.7. The highest BCUT2D eigenvalue weighted by atomic mass is 16.5. The Bertz CT molecular complexity index is 1450. The summed E-state index contributed by atoms with van der Waals surface area (Å²) in [6.07, 6.45) is 6.55. The Balaban J connectivity index is 1.63. The molecular formula is C41H52O6. The van der Waals surface area contributed by atoms with E-state index in [0.29, 0.717) is 12.0 Å². The van der Waals surface area contributed by atoms with Gasteiger partial charge in [-0.3, -0.25) is 0 Å². The van der Waals surface area contributed by atoms with Crippen molar-refractivity contribution in [3.05, 3.63) is 108 Å². The zero-order valence-corrected chi connectivity index (χ0v) is 28.7. The summed E-state index contributed by atoms with van der Waals surface area (Å²) in [5.41, 5.74) is 9.19. The predicted octanol–water partition coefficient (Wildman–Crippen LogP) is 8.48. The second-order valence-electron chi connectivity index (χ2n) is 12.4. The van der Waals surface area contributed by atoms with Crippen LogP contribution in [0.15, 0.2) is 91.0 Å². The summed E-state index contributed by atoms with van der Waals surface area (Å²) in [6.45, 7) is 15.2. The highest BCUT2D eigenvalue weighted by molar-refractivity contribution is 5.88. The number of carbonyl (C=O) groups excluding carboxylic acids is 2. The number of unbranched alkanes of at least 4 members (excludes halogenated alkanes) is 2. The maximum Gasteiger partial charge on any atom is 0.335 e. The maximum absolute atomic E-state index is 12.4. The van der Waals surface area contributed by atoms with Gasteiger partial charge >= 0.3 is 11.9 Å². The molecule has 0 aromatic heterocycles. The minimum atomic E-state index is -0.636. The number of hydrogen-bond acceptors (Lipinski definition) is 6. The molecule has 0 fully saturated rings. The van der Waals surface area contributed by atoms with Crippen LogP contribution >= 0.6 is 0 Å². The number of aliphatic hydroxyl groups excluding tert-OH is 1. The van der Waals surface area contributed by atoms with Gasteiger partial charge in [-0.05, 0) is 84.9 Å². The molecule has 2 unspecified atom stereocenters. The Morgan fingerprint density at radius 1 is 0.766 bits per heavy atom. The van der Waals surface area contributed by atoms with Crippen molar-refractivity contribution in [2.45, 2.75) is 78.7 Å². The van der Waals surface area contributed by atoms with E-state index in [2.05, 4.69) is 93.7 Å². The summed E-state index contributed by atoms with van der Waals surface area (Å²) in [4.78, 5) is 24.5. The molecular weight excluding hydrogens is 588 g/mol. The lowest BCUT2D eigenvalue weighted by molar-refractivity contribution is -0.144. The van der Waals surface area contributed by atoms with E-state index in [-0.39, 0.29) is 37.9 Å². The average molecular weight is 641 g/mol. The van der Waals surface area contributed by atoms with Crippen molar-refractivity contribution >= 4 is 11.9 Å². The van der Waals surface area contributed by atoms with Crippen molar-refractivity contribution in [2.75, 3.05) is 26.4 Å². The van der Waals surface area contributed by atoms with Gasteiger partial charge in [-0.25, -0.2) is 9.59 Å². The lowest BCUT2D eigenvalue weighted by Gasteiger charge is -2.18. The second-order valence-corrected chi connectivity index (χ2v) is 12.4. The molecule has 0 aliphatic rings.